The molecule has 0 amide bonds. The fraction of sp³-hybridized carbons (Fsp3) is 0.500. The van der Waals surface area contributed by atoms with Gasteiger partial charge in [0.05, 0.1) is 30.7 Å². The zero-order valence-electron chi connectivity index (χ0n) is 18.1. The lowest BCUT2D eigenvalue weighted by Crippen LogP contribution is -2.36. The van der Waals surface area contributed by atoms with Gasteiger partial charge in [-0.05, 0) is 37.3 Å². The predicted octanol–water partition coefficient (Wildman–Crippen LogP) is 2.76. The molecule has 0 spiro atoms. The minimum atomic E-state index is -0.337. The molecule has 1 unspecified atom stereocenters. The van der Waals surface area contributed by atoms with Crippen molar-refractivity contribution in [2.75, 3.05) is 18.1 Å². The summed E-state index contributed by atoms with van der Waals surface area (Å²) in [6.45, 7) is 4.64. The van der Waals surface area contributed by atoms with Crippen LogP contribution in [-0.4, -0.2) is 42.9 Å². The van der Waals surface area contributed by atoms with Crippen LogP contribution in [0.5, 0.6) is 0 Å². The molecule has 1 fully saturated rings. The number of aryl methyl sites for hydroxylation is 1. The third-order valence-electron chi connectivity index (χ3n) is 6.21. The fourth-order valence-corrected chi connectivity index (χ4v) is 4.73. The zero-order valence-corrected chi connectivity index (χ0v) is 18.8. The first-order valence-corrected chi connectivity index (χ1v) is 11.5. The van der Waals surface area contributed by atoms with Crippen molar-refractivity contribution in [3.63, 3.8) is 0 Å². The monoisotopic (exact) mass is 455 g/mol. The van der Waals surface area contributed by atoms with Crippen molar-refractivity contribution >= 4 is 17.3 Å². The Bertz CT molecular complexity index is 1170. The molecule has 3 aromatic rings. The maximum atomic E-state index is 12.9. The van der Waals surface area contributed by atoms with Crippen molar-refractivity contribution in [1.29, 1.82) is 0 Å². The second-order valence-corrected chi connectivity index (χ2v) is 8.57. The van der Waals surface area contributed by atoms with E-state index in [2.05, 4.69) is 33.4 Å². The third-order valence-corrected chi connectivity index (χ3v) is 6.57. The molecule has 3 aromatic heterocycles. The van der Waals surface area contributed by atoms with E-state index < -0.39 is 0 Å². The van der Waals surface area contributed by atoms with E-state index in [-0.39, 0.29) is 16.8 Å². The topological polar surface area (TPSA) is 91.0 Å². The lowest BCUT2D eigenvalue weighted by atomic mass is 10.1. The van der Waals surface area contributed by atoms with E-state index in [1.54, 1.807) is 6.20 Å². The largest absolute Gasteiger partial charge is 0.362 e. The number of halogens is 1. The van der Waals surface area contributed by atoms with E-state index in [1.807, 2.05) is 21.8 Å². The maximum Gasteiger partial charge on any atom is 0.290 e. The Morgan fingerprint density at radius 1 is 1.31 bits per heavy atom. The van der Waals surface area contributed by atoms with Crippen LogP contribution < -0.4 is 10.5 Å². The second-order valence-electron chi connectivity index (χ2n) is 8.19. The number of pyridine rings is 1. The van der Waals surface area contributed by atoms with Crippen molar-refractivity contribution in [3.05, 3.63) is 62.5 Å². The summed E-state index contributed by atoms with van der Waals surface area (Å²) in [4.78, 5) is 19.4. The highest BCUT2D eigenvalue weighted by atomic mass is 35.5. The molecule has 2 aliphatic rings. The van der Waals surface area contributed by atoms with Crippen LogP contribution in [0.25, 0.3) is 0 Å². The van der Waals surface area contributed by atoms with Gasteiger partial charge < -0.3 is 9.64 Å². The van der Waals surface area contributed by atoms with Gasteiger partial charge in [-0.25, -0.2) is 4.68 Å². The van der Waals surface area contributed by atoms with Crippen molar-refractivity contribution in [3.8, 4) is 0 Å². The van der Waals surface area contributed by atoms with Crippen LogP contribution in [0, 0.1) is 0 Å². The molecule has 1 atom stereocenters. The van der Waals surface area contributed by atoms with Gasteiger partial charge in [-0.1, -0.05) is 29.8 Å². The third kappa shape index (κ3) is 3.91. The number of rotatable bonds is 5. The van der Waals surface area contributed by atoms with Gasteiger partial charge in [0.2, 0.25) is 0 Å². The van der Waals surface area contributed by atoms with Crippen LogP contribution in [-0.2, 0) is 30.7 Å². The Labute approximate surface area is 191 Å². The minimum Gasteiger partial charge on any atom is -0.362 e. The summed E-state index contributed by atoms with van der Waals surface area (Å²) in [5, 5.41) is 13.4. The predicted molar refractivity (Wildman–Crippen MR) is 120 cm³/mol. The van der Waals surface area contributed by atoms with Crippen LogP contribution in [0.3, 0.4) is 0 Å². The SMILES string of the molecule is CCc1ncccc1Cn1nnc2c1CCN(c1cnn(C3CCCCO3)c(=O)c1Cl)C2. The van der Waals surface area contributed by atoms with Gasteiger partial charge in [-0.15, -0.1) is 5.10 Å². The smallest absolute Gasteiger partial charge is 0.290 e. The molecule has 9 nitrogen and oxygen atoms in total. The number of fused-ring (bicyclic) bond motifs is 1. The molecule has 168 valence electrons. The van der Waals surface area contributed by atoms with E-state index in [0.717, 1.165) is 54.7 Å². The molecule has 0 bridgehead atoms. The zero-order chi connectivity index (χ0) is 22.1. The van der Waals surface area contributed by atoms with Gasteiger partial charge in [0.25, 0.3) is 5.56 Å². The van der Waals surface area contributed by atoms with Crippen molar-refractivity contribution in [1.82, 2.24) is 29.8 Å². The Balaban J connectivity index is 1.36. The highest BCUT2D eigenvalue weighted by molar-refractivity contribution is 6.33. The van der Waals surface area contributed by atoms with Crippen LogP contribution in [0.15, 0.2) is 29.3 Å². The van der Waals surface area contributed by atoms with Crippen LogP contribution in [0.1, 0.15) is 55.1 Å². The molecule has 0 aliphatic carbocycles. The summed E-state index contributed by atoms with van der Waals surface area (Å²) in [5.74, 6) is 0. The first-order valence-electron chi connectivity index (χ1n) is 11.1. The van der Waals surface area contributed by atoms with Gasteiger partial charge >= 0.3 is 0 Å². The summed E-state index contributed by atoms with van der Waals surface area (Å²) >= 11 is 6.51. The standard InChI is InChI=1S/C22H26ClN7O2/c1-2-16-15(6-5-9-24-16)13-29-18-8-10-28(14-17(18)26-27-29)19-12-25-30(22(31)21(19)23)20-7-3-4-11-32-20/h5-6,9,12,20H,2-4,7-8,10-11,13-14H2,1H3. The number of aromatic nitrogens is 6. The van der Waals surface area contributed by atoms with Gasteiger partial charge in [-0.2, -0.15) is 9.78 Å². The molecule has 0 N–H and O–H groups in total. The molecule has 0 saturated carbocycles. The van der Waals surface area contributed by atoms with Crippen molar-refractivity contribution < 1.29 is 4.74 Å². The van der Waals surface area contributed by atoms with Gasteiger partial charge in [0.1, 0.15) is 10.7 Å². The van der Waals surface area contributed by atoms with Crippen molar-refractivity contribution in [2.24, 2.45) is 0 Å². The maximum absolute atomic E-state index is 12.9. The molecule has 2 aliphatic heterocycles. The molecule has 0 aromatic carbocycles. The number of anilines is 1. The van der Waals surface area contributed by atoms with Crippen molar-refractivity contribution in [2.45, 2.75) is 58.3 Å². The summed E-state index contributed by atoms with van der Waals surface area (Å²) in [7, 11) is 0. The molecule has 32 heavy (non-hydrogen) atoms. The molecule has 5 rings (SSSR count). The summed E-state index contributed by atoms with van der Waals surface area (Å²) in [5.41, 5.74) is 4.56. The van der Waals surface area contributed by atoms with Crippen LogP contribution in [0.4, 0.5) is 5.69 Å². The van der Waals surface area contributed by atoms with E-state index in [4.69, 9.17) is 16.3 Å². The Kier molecular flexibility index (Phi) is 5.93. The Morgan fingerprint density at radius 3 is 3.03 bits per heavy atom. The van der Waals surface area contributed by atoms with E-state index in [9.17, 15) is 4.79 Å². The lowest BCUT2D eigenvalue weighted by Gasteiger charge is -2.29. The summed E-state index contributed by atoms with van der Waals surface area (Å²) in [6, 6.07) is 4.04. The summed E-state index contributed by atoms with van der Waals surface area (Å²) in [6.07, 6.45) is 7.59. The van der Waals surface area contributed by atoms with E-state index in [0.29, 0.717) is 31.9 Å². The quantitative estimate of drug-likeness (QED) is 0.584. The summed E-state index contributed by atoms with van der Waals surface area (Å²) < 4.78 is 9.03. The highest BCUT2D eigenvalue weighted by Crippen LogP contribution is 2.28. The van der Waals surface area contributed by atoms with Crippen LogP contribution >= 0.6 is 11.6 Å². The number of nitrogens with zero attached hydrogens (tertiary/aromatic N) is 7. The average Bonchev–Trinajstić information content (AvgIpc) is 3.23. The minimum absolute atomic E-state index is 0.174. The second kappa shape index (κ2) is 8.99. The molecule has 1 saturated heterocycles. The number of hydrogen-bond acceptors (Lipinski definition) is 7. The van der Waals surface area contributed by atoms with Gasteiger partial charge in [0.15, 0.2) is 6.23 Å². The first kappa shape index (κ1) is 21.1. The van der Waals surface area contributed by atoms with Crippen LogP contribution in [0.2, 0.25) is 5.02 Å². The van der Waals surface area contributed by atoms with Gasteiger partial charge in [-0.3, -0.25) is 9.78 Å². The average molecular weight is 456 g/mol. The number of hydrogen-bond donors (Lipinski definition) is 0. The molecule has 10 heteroatoms. The fourth-order valence-electron chi connectivity index (χ4n) is 4.47. The lowest BCUT2D eigenvalue weighted by molar-refractivity contribution is -0.0424. The molecule has 0 radical (unpaired) electrons. The molecular formula is C22H26ClN7O2. The molecular weight excluding hydrogens is 430 g/mol. The van der Waals surface area contributed by atoms with E-state index >= 15 is 0 Å². The normalized spacial score (nSPS) is 18.6. The molecule has 5 heterocycles. The highest BCUT2D eigenvalue weighted by Gasteiger charge is 2.27. The van der Waals surface area contributed by atoms with E-state index in [1.165, 1.54) is 4.68 Å². The Hall–Kier alpha value is -2.78. The first-order chi connectivity index (χ1) is 15.7. The van der Waals surface area contributed by atoms with Gasteiger partial charge in [0, 0.05) is 31.5 Å². The number of ether oxygens (including phenoxy) is 1. The Morgan fingerprint density at radius 2 is 2.22 bits per heavy atom.